The molecule has 0 unspecified atom stereocenters. The minimum Gasteiger partial charge on any atom is -0.0801 e. The Morgan fingerprint density at radius 2 is 1.39 bits per heavy atom. The quantitative estimate of drug-likeness (QED) is 0.545. The monoisotopic (exact) mass is 304 g/mol. The zero-order valence-corrected chi connectivity index (χ0v) is 15.3. The summed E-state index contributed by atoms with van der Waals surface area (Å²) in [5.74, 6) is 0. The van der Waals surface area contributed by atoms with Crippen molar-refractivity contribution in [3.8, 4) is 0 Å². The van der Waals surface area contributed by atoms with E-state index in [0.29, 0.717) is 0 Å². The van der Waals surface area contributed by atoms with Crippen LogP contribution in [0.5, 0.6) is 0 Å². The summed E-state index contributed by atoms with van der Waals surface area (Å²) in [4.78, 5) is 0. The van der Waals surface area contributed by atoms with Crippen LogP contribution in [-0.2, 0) is 10.8 Å². The van der Waals surface area contributed by atoms with Gasteiger partial charge >= 0.3 is 0 Å². The lowest BCUT2D eigenvalue weighted by Crippen LogP contribution is -2.19. The summed E-state index contributed by atoms with van der Waals surface area (Å²) < 4.78 is 0. The molecule has 0 N–H and O–H groups in total. The van der Waals surface area contributed by atoms with Gasteiger partial charge in [0.05, 0.1) is 0 Å². The standard InChI is InChI=1S/C23H28/c1-22(2,3)19-15-20(23(4,5)6)21(16-11-7-8-12-16)18-14-10-9-13-17(18)19/h7-11,13-15H,12H2,1-6H3. The summed E-state index contributed by atoms with van der Waals surface area (Å²) in [6, 6.07) is 11.4. The third-order valence-corrected chi connectivity index (χ3v) is 4.75. The Bertz CT molecular complexity index is 802. The van der Waals surface area contributed by atoms with Gasteiger partial charge in [-0.25, -0.2) is 0 Å². The smallest absolute Gasteiger partial charge is 0.00881 e. The van der Waals surface area contributed by atoms with Gasteiger partial charge in [0, 0.05) is 0 Å². The maximum atomic E-state index is 2.47. The van der Waals surface area contributed by atoms with E-state index in [0.717, 1.165) is 6.42 Å². The second-order valence-corrected chi connectivity index (χ2v) is 8.72. The Morgan fingerprint density at radius 3 is 1.91 bits per heavy atom. The van der Waals surface area contributed by atoms with E-state index in [9.17, 15) is 0 Å². The largest absolute Gasteiger partial charge is 0.0801 e. The second kappa shape index (κ2) is 5.37. The molecule has 120 valence electrons. The SMILES string of the molecule is CC(C)(C)c1cc(C(C)(C)C)c2ccccc2c1C1=CC=CC1. The molecule has 3 rings (SSSR count). The maximum absolute atomic E-state index is 2.47. The van der Waals surface area contributed by atoms with Gasteiger partial charge in [0.2, 0.25) is 0 Å². The first kappa shape index (κ1) is 16.1. The van der Waals surface area contributed by atoms with Crippen molar-refractivity contribution in [1.82, 2.24) is 0 Å². The molecule has 0 aromatic heterocycles. The molecule has 0 saturated carbocycles. The van der Waals surface area contributed by atoms with Crippen LogP contribution in [-0.4, -0.2) is 0 Å². The van der Waals surface area contributed by atoms with E-state index < -0.39 is 0 Å². The van der Waals surface area contributed by atoms with Gasteiger partial charge in [0.1, 0.15) is 0 Å². The van der Waals surface area contributed by atoms with E-state index in [1.807, 2.05) is 0 Å². The van der Waals surface area contributed by atoms with E-state index >= 15 is 0 Å². The molecule has 0 heterocycles. The van der Waals surface area contributed by atoms with Gasteiger partial charge in [0.15, 0.2) is 0 Å². The average Bonchev–Trinajstić information content (AvgIpc) is 2.97. The summed E-state index contributed by atoms with van der Waals surface area (Å²) in [6.07, 6.45) is 7.78. The minimum absolute atomic E-state index is 0.128. The molecule has 2 aromatic carbocycles. The van der Waals surface area contributed by atoms with Crippen LogP contribution < -0.4 is 0 Å². The molecule has 0 atom stereocenters. The molecular weight excluding hydrogens is 276 g/mol. The van der Waals surface area contributed by atoms with Crippen molar-refractivity contribution in [3.05, 3.63) is 65.3 Å². The summed E-state index contributed by atoms with van der Waals surface area (Å²) in [5, 5.41) is 2.80. The van der Waals surface area contributed by atoms with E-state index in [2.05, 4.69) is 90.1 Å². The molecule has 0 bridgehead atoms. The predicted molar refractivity (Wildman–Crippen MR) is 103 cm³/mol. The van der Waals surface area contributed by atoms with Gasteiger partial charge in [-0.3, -0.25) is 0 Å². The van der Waals surface area contributed by atoms with Crippen LogP contribution in [0.25, 0.3) is 16.3 Å². The third kappa shape index (κ3) is 2.87. The second-order valence-electron chi connectivity index (χ2n) is 8.72. The number of fused-ring (bicyclic) bond motifs is 1. The molecule has 0 saturated heterocycles. The van der Waals surface area contributed by atoms with Crippen LogP contribution in [0.4, 0.5) is 0 Å². The van der Waals surface area contributed by atoms with Crippen LogP contribution in [0.3, 0.4) is 0 Å². The molecule has 1 aliphatic carbocycles. The number of rotatable bonds is 1. The van der Waals surface area contributed by atoms with Crippen molar-refractivity contribution in [2.45, 2.75) is 58.8 Å². The van der Waals surface area contributed by atoms with Crippen LogP contribution in [0.2, 0.25) is 0 Å². The minimum atomic E-state index is 0.128. The number of hydrogen-bond acceptors (Lipinski definition) is 0. The van der Waals surface area contributed by atoms with Gasteiger partial charge in [-0.1, -0.05) is 90.1 Å². The molecule has 0 radical (unpaired) electrons. The highest BCUT2D eigenvalue weighted by Gasteiger charge is 2.27. The molecule has 2 aromatic rings. The van der Waals surface area contributed by atoms with Crippen molar-refractivity contribution in [2.24, 2.45) is 0 Å². The normalized spacial score (nSPS) is 15.3. The summed E-state index contributed by atoms with van der Waals surface area (Å²) >= 11 is 0. The maximum Gasteiger partial charge on any atom is -0.00881 e. The molecule has 0 fully saturated rings. The Morgan fingerprint density at radius 1 is 0.783 bits per heavy atom. The van der Waals surface area contributed by atoms with E-state index in [4.69, 9.17) is 0 Å². The highest BCUT2D eigenvalue weighted by atomic mass is 14.3. The molecule has 0 aliphatic heterocycles. The fourth-order valence-corrected chi connectivity index (χ4v) is 3.57. The van der Waals surface area contributed by atoms with Gasteiger partial charge < -0.3 is 0 Å². The lowest BCUT2D eigenvalue weighted by atomic mass is 9.74. The van der Waals surface area contributed by atoms with Crippen LogP contribution in [0.1, 0.15) is 64.7 Å². The van der Waals surface area contributed by atoms with E-state index in [1.54, 1.807) is 0 Å². The van der Waals surface area contributed by atoms with Gasteiger partial charge in [-0.2, -0.15) is 0 Å². The molecule has 0 nitrogen and oxygen atoms in total. The lowest BCUT2D eigenvalue weighted by molar-refractivity contribution is 0.572. The zero-order valence-electron chi connectivity index (χ0n) is 15.3. The summed E-state index contributed by atoms with van der Waals surface area (Å²) in [5.41, 5.74) is 6.09. The van der Waals surface area contributed by atoms with Gasteiger partial charge in [0.25, 0.3) is 0 Å². The van der Waals surface area contributed by atoms with E-state index in [-0.39, 0.29) is 10.8 Å². The van der Waals surface area contributed by atoms with E-state index in [1.165, 1.54) is 33.0 Å². The zero-order chi connectivity index (χ0) is 16.8. The molecule has 0 spiro atoms. The predicted octanol–water partition coefficient (Wildman–Crippen LogP) is 6.78. The first-order valence-electron chi connectivity index (χ1n) is 8.62. The third-order valence-electron chi connectivity index (χ3n) is 4.75. The van der Waals surface area contributed by atoms with Gasteiger partial charge in [-0.15, -0.1) is 0 Å². The van der Waals surface area contributed by atoms with Crippen molar-refractivity contribution in [3.63, 3.8) is 0 Å². The van der Waals surface area contributed by atoms with Crippen LogP contribution in [0.15, 0.2) is 48.6 Å². The first-order valence-corrected chi connectivity index (χ1v) is 8.62. The average molecular weight is 304 g/mol. The summed E-state index contributed by atoms with van der Waals surface area (Å²) in [6.45, 7) is 13.9. The van der Waals surface area contributed by atoms with Crippen molar-refractivity contribution >= 4 is 16.3 Å². The first-order chi connectivity index (χ1) is 10.7. The van der Waals surface area contributed by atoms with Gasteiger partial charge in [-0.05, 0) is 50.3 Å². The van der Waals surface area contributed by atoms with Crippen molar-refractivity contribution < 1.29 is 0 Å². The van der Waals surface area contributed by atoms with Crippen molar-refractivity contribution in [2.75, 3.05) is 0 Å². The molecule has 0 amide bonds. The topological polar surface area (TPSA) is 0 Å². The Kier molecular flexibility index (Phi) is 3.75. The fourth-order valence-electron chi connectivity index (χ4n) is 3.57. The number of hydrogen-bond donors (Lipinski definition) is 0. The fraction of sp³-hybridized carbons (Fsp3) is 0.391. The lowest BCUT2D eigenvalue weighted by Gasteiger charge is -2.30. The Labute approximate surface area is 140 Å². The van der Waals surface area contributed by atoms with Crippen molar-refractivity contribution in [1.29, 1.82) is 0 Å². The Hall–Kier alpha value is -1.82. The highest BCUT2D eigenvalue weighted by molar-refractivity contribution is 5.99. The number of benzene rings is 2. The highest BCUT2D eigenvalue weighted by Crippen LogP contribution is 2.42. The molecule has 23 heavy (non-hydrogen) atoms. The Balaban J connectivity index is 2.45. The van der Waals surface area contributed by atoms with Crippen LogP contribution >= 0.6 is 0 Å². The summed E-state index contributed by atoms with van der Waals surface area (Å²) in [7, 11) is 0. The molecular formula is C23H28. The molecule has 1 aliphatic rings. The number of allylic oxidation sites excluding steroid dienone is 4. The molecule has 0 heteroatoms. The van der Waals surface area contributed by atoms with Crippen LogP contribution in [0, 0.1) is 0 Å².